The van der Waals surface area contributed by atoms with Gasteiger partial charge in [-0.3, -0.25) is 9.59 Å². The van der Waals surface area contributed by atoms with Crippen LogP contribution >= 0.6 is 11.3 Å². The van der Waals surface area contributed by atoms with Crippen molar-refractivity contribution in [1.82, 2.24) is 10.2 Å². The number of nitrogens with one attached hydrogen (secondary N) is 2. The molecule has 1 aromatic heterocycles. The minimum atomic E-state index is -0.214. The number of anilines is 3. The smallest absolute Gasteiger partial charge is 0.226 e. The normalized spacial score (nSPS) is 14.3. The quantitative estimate of drug-likeness (QED) is 0.598. The molecule has 0 unspecified atom stereocenters. The van der Waals surface area contributed by atoms with Crippen LogP contribution in [0.5, 0.6) is 0 Å². The van der Waals surface area contributed by atoms with Crippen molar-refractivity contribution in [3.63, 3.8) is 0 Å². The summed E-state index contributed by atoms with van der Waals surface area (Å²) in [6, 6.07) is 7.77. The topological polar surface area (TPSA) is 87.2 Å². The summed E-state index contributed by atoms with van der Waals surface area (Å²) in [7, 11) is 0. The molecule has 0 saturated heterocycles. The lowest BCUT2D eigenvalue weighted by atomic mass is 9.90. The Labute approximate surface area is 182 Å². The highest BCUT2D eigenvalue weighted by Gasteiger charge is 2.20. The standard InChI is InChI=1S/C22H31N5O2S/c1-3-27(4-2)18-12-10-17(11-13-18)23-19(28)14-15-20(29)24-22-26-25-21(30-22)16-8-6-5-7-9-16/h10-13,16H,3-9,14-15H2,1-2H3,(H,23,28)(H,24,26,29). The Balaban J connectivity index is 1.42. The molecule has 0 spiro atoms. The zero-order valence-corrected chi connectivity index (χ0v) is 18.6. The van der Waals surface area contributed by atoms with Gasteiger partial charge in [-0.1, -0.05) is 30.6 Å². The van der Waals surface area contributed by atoms with E-state index < -0.39 is 0 Å². The van der Waals surface area contributed by atoms with Gasteiger partial charge in [-0.25, -0.2) is 0 Å². The minimum absolute atomic E-state index is 0.113. The first kappa shape index (κ1) is 22.2. The number of amides is 2. The Morgan fingerprint density at radius 3 is 2.23 bits per heavy atom. The van der Waals surface area contributed by atoms with E-state index in [9.17, 15) is 9.59 Å². The highest BCUT2D eigenvalue weighted by Crippen LogP contribution is 2.35. The molecule has 1 aliphatic rings. The van der Waals surface area contributed by atoms with Crippen LogP contribution in [0.3, 0.4) is 0 Å². The van der Waals surface area contributed by atoms with Crippen LogP contribution in [0.15, 0.2) is 24.3 Å². The SMILES string of the molecule is CCN(CC)c1ccc(NC(=O)CCC(=O)Nc2nnc(C3CCCCC3)s2)cc1. The van der Waals surface area contributed by atoms with Crippen molar-refractivity contribution in [2.75, 3.05) is 28.6 Å². The fraction of sp³-hybridized carbons (Fsp3) is 0.545. The number of benzene rings is 1. The molecule has 30 heavy (non-hydrogen) atoms. The maximum atomic E-state index is 12.2. The largest absolute Gasteiger partial charge is 0.372 e. The number of hydrogen-bond donors (Lipinski definition) is 2. The van der Waals surface area contributed by atoms with E-state index in [1.165, 1.54) is 30.6 Å². The monoisotopic (exact) mass is 429 g/mol. The lowest BCUT2D eigenvalue weighted by molar-refractivity contribution is -0.121. The Bertz CT molecular complexity index is 826. The molecule has 1 aromatic carbocycles. The second-order valence-electron chi connectivity index (χ2n) is 7.60. The third kappa shape index (κ3) is 6.26. The van der Waals surface area contributed by atoms with Gasteiger partial charge in [0, 0.05) is 43.2 Å². The van der Waals surface area contributed by atoms with Crippen molar-refractivity contribution in [2.24, 2.45) is 0 Å². The molecule has 7 nitrogen and oxygen atoms in total. The Morgan fingerprint density at radius 2 is 1.60 bits per heavy atom. The van der Waals surface area contributed by atoms with Crippen LogP contribution < -0.4 is 15.5 Å². The Morgan fingerprint density at radius 1 is 0.967 bits per heavy atom. The van der Waals surface area contributed by atoms with E-state index in [1.807, 2.05) is 24.3 Å². The van der Waals surface area contributed by atoms with Gasteiger partial charge < -0.3 is 15.5 Å². The van der Waals surface area contributed by atoms with Gasteiger partial charge in [0.25, 0.3) is 0 Å². The molecule has 1 saturated carbocycles. The second-order valence-corrected chi connectivity index (χ2v) is 8.61. The Kier molecular flexibility index (Phi) is 8.19. The van der Waals surface area contributed by atoms with E-state index in [4.69, 9.17) is 0 Å². The van der Waals surface area contributed by atoms with Gasteiger partial charge in [-0.05, 0) is 51.0 Å². The molecule has 3 rings (SSSR count). The van der Waals surface area contributed by atoms with Crippen LogP contribution in [-0.4, -0.2) is 35.1 Å². The van der Waals surface area contributed by atoms with Crippen LogP contribution in [0.2, 0.25) is 0 Å². The van der Waals surface area contributed by atoms with Crippen molar-refractivity contribution < 1.29 is 9.59 Å². The molecule has 0 bridgehead atoms. The fourth-order valence-electron chi connectivity index (χ4n) is 3.78. The third-order valence-corrected chi connectivity index (χ3v) is 6.50. The second kappa shape index (κ2) is 11.1. The van der Waals surface area contributed by atoms with Gasteiger partial charge in [-0.2, -0.15) is 0 Å². The predicted molar refractivity (Wildman–Crippen MR) is 122 cm³/mol. The summed E-state index contributed by atoms with van der Waals surface area (Å²) >= 11 is 1.45. The fourth-order valence-corrected chi connectivity index (χ4v) is 4.70. The minimum Gasteiger partial charge on any atom is -0.372 e. The summed E-state index contributed by atoms with van der Waals surface area (Å²) in [5.74, 6) is 0.0788. The van der Waals surface area contributed by atoms with Crippen molar-refractivity contribution in [3.8, 4) is 0 Å². The summed E-state index contributed by atoms with van der Waals surface area (Å²) in [5.41, 5.74) is 1.86. The molecule has 8 heteroatoms. The lowest BCUT2D eigenvalue weighted by Crippen LogP contribution is -2.21. The molecule has 0 radical (unpaired) electrons. The summed E-state index contributed by atoms with van der Waals surface area (Å²) in [6.07, 6.45) is 6.30. The Hall–Kier alpha value is -2.48. The van der Waals surface area contributed by atoms with Gasteiger partial charge in [0.1, 0.15) is 5.01 Å². The van der Waals surface area contributed by atoms with E-state index >= 15 is 0 Å². The number of hydrogen-bond acceptors (Lipinski definition) is 6. The lowest BCUT2D eigenvalue weighted by Gasteiger charge is -2.21. The van der Waals surface area contributed by atoms with Gasteiger partial charge in [0.2, 0.25) is 16.9 Å². The average Bonchev–Trinajstić information content (AvgIpc) is 3.23. The van der Waals surface area contributed by atoms with E-state index in [0.29, 0.717) is 11.0 Å². The first-order valence-electron chi connectivity index (χ1n) is 10.9. The molecule has 162 valence electrons. The predicted octanol–water partition coefficient (Wildman–Crippen LogP) is 4.79. The number of rotatable bonds is 9. The number of carbonyl (C=O) groups is 2. The molecular formula is C22H31N5O2S. The highest BCUT2D eigenvalue weighted by molar-refractivity contribution is 7.15. The summed E-state index contributed by atoms with van der Waals surface area (Å²) < 4.78 is 0. The van der Waals surface area contributed by atoms with Crippen molar-refractivity contribution in [2.45, 2.75) is 64.7 Å². The van der Waals surface area contributed by atoms with Gasteiger partial charge in [0.15, 0.2) is 0 Å². The molecule has 2 aromatic rings. The number of carbonyl (C=O) groups excluding carboxylic acids is 2. The van der Waals surface area contributed by atoms with Gasteiger partial charge >= 0.3 is 0 Å². The molecule has 1 aliphatic carbocycles. The van der Waals surface area contributed by atoms with E-state index in [0.717, 1.165) is 42.3 Å². The molecule has 2 N–H and O–H groups in total. The summed E-state index contributed by atoms with van der Waals surface area (Å²) in [4.78, 5) is 26.6. The van der Waals surface area contributed by atoms with Crippen LogP contribution in [-0.2, 0) is 9.59 Å². The number of aromatic nitrogens is 2. The zero-order chi connectivity index (χ0) is 21.3. The molecule has 0 atom stereocenters. The molecular weight excluding hydrogens is 398 g/mol. The average molecular weight is 430 g/mol. The molecule has 2 amide bonds. The maximum absolute atomic E-state index is 12.2. The first-order chi connectivity index (χ1) is 14.6. The molecule has 1 heterocycles. The number of nitrogens with zero attached hydrogens (tertiary/aromatic N) is 3. The van der Waals surface area contributed by atoms with Crippen LogP contribution in [0.25, 0.3) is 0 Å². The molecule has 1 fully saturated rings. The summed E-state index contributed by atoms with van der Waals surface area (Å²) in [5, 5.41) is 15.5. The van der Waals surface area contributed by atoms with Crippen molar-refractivity contribution in [3.05, 3.63) is 29.3 Å². The van der Waals surface area contributed by atoms with Crippen LogP contribution in [0.4, 0.5) is 16.5 Å². The van der Waals surface area contributed by atoms with Crippen LogP contribution in [0.1, 0.15) is 69.7 Å². The highest BCUT2D eigenvalue weighted by atomic mass is 32.1. The first-order valence-corrected chi connectivity index (χ1v) is 11.7. The third-order valence-electron chi connectivity index (χ3n) is 5.50. The van der Waals surface area contributed by atoms with Crippen LogP contribution in [0, 0.1) is 0 Å². The van der Waals surface area contributed by atoms with Crippen molar-refractivity contribution >= 4 is 39.7 Å². The maximum Gasteiger partial charge on any atom is 0.226 e. The zero-order valence-electron chi connectivity index (χ0n) is 17.8. The molecule has 0 aliphatic heterocycles. The summed E-state index contributed by atoms with van der Waals surface area (Å²) in [6.45, 7) is 6.10. The van der Waals surface area contributed by atoms with Gasteiger partial charge in [-0.15, -0.1) is 10.2 Å². The van der Waals surface area contributed by atoms with E-state index in [2.05, 4.69) is 39.6 Å². The van der Waals surface area contributed by atoms with Crippen molar-refractivity contribution in [1.29, 1.82) is 0 Å². The van der Waals surface area contributed by atoms with E-state index in [-0.39, 0.29) is 24.7 Å². The van der Waals surface area contributed by atoms with E-state index in [1.54, 1.807) is 0 Å². The van der Waals surface area contributed by atoms with Gasteiger partial charge in [0.05, 0.1) is 0 Å².